The third-order valence-electron chi connectivity index (χ3n) is 3.10. The fourth-order valence-corrected chi connectivity index (χ4v) is 2.59. The van der Waals surface area contributed by atoms with Crippen molar-refractivity contribution in [3.63, 3.8) is 0 Å². The standard InChI is InChI=1S/C13H15F3N2O2S/c1-20-9-6-11(17-7-9)12(19)18-8-2-4-10(5-3-8)21-13(14,15)16/h2-5,9,11,17H,6-7H2,1H3,(H,18,19). The van der Waals surface area contributed by atoms with Crippen LogP contribution in [0.5, 0.6) is 0 Å². The molecule has 8 heteroatoms. The Morgan fingerprint density at radius 1 is 1.38 bits per heavy atom. The van der Waals surface area contributed by atoms with E-state index >= 15 is 0 Å². The molecule has 21 heavy (non-hydrogen) atoms. The first-order valence-electron chi connectivity index (χ1n) is 6.30. The lowest BCUT2D eigenvalue weighted by atomic mass is 10.2. The predicted molar refractivity (Wildman–Crippen MR) is 74.2 cm³/mol. The molecule has 2 rings (SSSR count). The average molecular weight is 320 g/mol. The summed E-state index contributed by atoms with van der Waals surface area (Å²) in [5, 5.41) is 5.70. The summed E-state index contributed by atoms with van der Waals surface area (Å²) in [6, 6.07) is 5.21. The molecule has 4 nitrogen and oxygen atoms in total. The van der Waals surface area contributed by atoms with E-state index in [1.54, 1.807) is 7.11 Å². The lowest BCUT2D eigenvalue weighted by Gasteiger charge is -2.12. The Labute approximate surface area is 124 Å². The quantitative estimate of drug-likeness (QED) is 0.838. The zero-order valence-corrected chi connectivity index (χ0v) is 12.1. The van der Waals surface area contributed by atoms with Gasteiger partial charge in [-0.15, -0.1) is 0 Å². The van der Waals surface area contributed by atoms with Crippen molar-refractivity contribution in [3.05, 3.63) is 24.3 Å². The largest absolute Gasteiger partial charge is 0.446 e. The maximum atomic E-state index is 12.2. The molecule has 1 aromatic rings. The summed E-state index contributed by atoms with van der Waals surface area (Å²) in [5.74, 6) is -0.217. The highest BCUT2D eigenvalue weighted by atomic mass is 32.2. The van der Waals surface area contributed by atoms with Crippen LogP contribution in [0, 0.1) is 0 Å². The smallest absolute Gasteiger partial charge is 0.380 e. The number of benzene rings is 1. The van der Waals surface area contributed by atoms with Gasteiger partial charge in [-0.05, 0) is 42.4 Å². The first-order chi connectivity index (χ1) is 9.87. The number of alkyl halides is 3. The number of thioether (sulfide) groups is 1. The highest BCUT2D eigenvalue weighted by molar-refractivity contribution is 8.00. The summed E-state index contributed by atoms with van der Waals surface area (Å²) in [6.07, 6.45) is 0.580. The monoisotopic (exact) mass is 320 g/mol. The molecule has 2 unspecified atom stereocenters. The molecule has 0 aromatic heterocycles. The Morgan fingerprint density at radius 2 is 2.05 bits per heavy atom. The fourth-order valence-electron chi connectivity index (χ4n) is 2.05. The van der Waals surface area contributed by atoms with Gasteiger partial charge in [-0.3, -0.25) is 4.79 Å². The van der Waals surface area contributed by atoms with Crippen molar-refractivity contribution in [3.8, 4) is 0 Å². The van der Waals surface area contributed by atoms with Crippen LogP contribution in [0.25, 0.3) is 0 Å². The number of carbonyl (C=O) groups excluding carboxylic acids is 1. The van der Waals surface area contributed by atoms with Gasteiger partial charge in [0.15, 0.2) is 0 Å². The minimum Gasteiger partial charge on any atom is -0.380 e. The van der Waals surface area contributed by atoms with E-state index in [-0.39, 0.29) is 34.7 Å². The highest BCUT2D eigenvalue weighted by Crippen LogP contribution is 2.37. The maximum absolute atomic E-state index is 12.2. The number of rotatable bonds is 4. The summed E-state index contributed by atoms with van der Waals surface area (Å²) < 4.78 is 41.8. The zero-order chi connectivity index (χ0) is 15.5. The zero-order valence-electron chi connectivity index (χ0n) is 11.2. The van der Waals surface area contributed by atoms with Crippen molar-refractivity contribution in [2.24, 2.45) is 0 Å². The van der Waals surface area contributed by atoms with Crippen LogP contribution < -0.4 is 10.6 Å². The molecule has 116 valence electrons. The number of halogens is 3. The lowest BCUT2D eigenvalue weighted by Crippen LogP contribution is -2.35. The summed E-state index contributed by atoms with van der Waals surface area (Å²) in [7, 11) is 1.59. The second kappa shape index (κ2) is 6.67. The number of anilines is 1. The van der Waals surface area contributed by atoms with Gasteiger partial charge >= 0.3 is 5.51 Å². The lowest BCUT2D eigenvalue weighted by molar-refractivity contribution is -0.118. The van der Waals surface area contributed by atoms with Crippen molar-refractivity contribution < 1.29 is 22.7 Å². The van der Waals surface area contributed by atoms with E-state index in [4.69, 9.17) is 4.74 Å². The molecule has 0 saturated carbocycles. The SMILES string of the molecule is COC1CNC(C(=O)Nc2ccc(SC(F)(F)F)cc2)C1. The van der Waals surface area contributed by atoms with E-state index in [0.717, 1.165) is 0 Å². The molecular formula is C13H15F3N2O2S. The van der Waals surface area contributed by atoms with Gasteiger partial charge in [0.25, 0.3) is 0 Å². The Hall–Kier alpha value is -1.25. The van der Waals surface area contributed by atoms with E-state index in [0.29, 0.717) is 18.7 Å². The minimum absolute atomic E-state index is 0.00584. The summed E-state index contributed by atoms with van der Waals surface area (Å²) >= 11 is -0.185. The number of ether oxygens (including phenoxy) is 1. The van der Waals surface area contributed by atoms with Gasteiger partial charge in [0.05, 0.1) is 12.1 Å². The van der Waals surface area contributed by atoms with E-state index in [1.807, 2.05) is 0 Å². The average Bonchev–Trinajstić information content (AvgIpc) is 2.88. The molecule has 1 saturated heterocycles. The van der Waals surface area contributed by atoms with Crippen LogP contribution in [0.15, 0.2) is 29.2 Å². The van der Waals surface area contributed by atoms with Crippen LogP contribution in [-0.4, -0.2) is 37.2 Å². The molecule has 2 N–H and O–H groups in total. The van der Waals surface area contributed by atoms with Gasteiger partial charge < -0.3 is 15.4 Å². The van der Waals surface area contributed by atoms with Gasteiger partial charge in [-0.1, -0.05) is 0 Å². The van der Waals surface area contributed by atoms with E-state index in [2.05, 4.69) is 10.6 Å². The predicted octanol–water partition coefficient (Wildman–Crippen LogP) is 2.61. The van der Waals surface area contributed by atoms with Gasteiger partial charge in [0.2, 0.25) is 5.91 Å². The topological polar surface area (TPSA) is 50.4 Å². The molecule has 1 aliphatic heterocycles. The second-order valence-corrected chi connectivity index (χ2v) is 5.75. The third kappa shape index (κ3) is 4.90. The molecular weight excluding hydrogens is 305 g/mol. The van der Waals surface area contributed by atoms with Crippen LogP contribution in [-0.2, 0) is 9.53 Å². The number of methoxy groups -OCH3 is 1. The Bertz CT molecular complexity index is 493. The van der Waals surface area contributed by atoms with Gasteiger partial charge in [-0.25, -0.2) is 0 Å². The van der Waals surface area contributed by atoms with Crippen LogP contribution in [0.4, 0.5) is 18.9 Å². The second-order valence-electron chi connectivity index (χ2n) is 4.62. The molecule has 0 spiro atoms. The molecule has 0 aliphatic carbocycles. The van der Waals surface area contributed by atoms with Gasteiger partial charge in [0, 0.05) is 24.2 Å². The minimum atomic E-state index is -4.31. The van der Waals surface area contributed by atoms with E-state index < -0.39 is 5.51 Å². The molecule has 2 atom stereocenters. The van der Waals surface area contributed by atoms with Crippen LogP contribution in [0.2, 0.25) is 0 Å². The van der Waals surface area contributed by atoms with Gasteiger partial charge in [0.1, 0.15) is 0 Å². The number of nitrogens with one attached hydrogen (secondary N) is 2. The van der Waals surface area contributed by atoms with Gasteiger partial charge in [-0.2, -0.15) is 13.2 Å². The number of amides is 1. The number of hydrogen-bond acceptors (Lipinski definition) is 4. The summed E-state index contributed by atoms with van der Waals surface area (Å²) in [4.78, 5) is 12.1. The van der Waals surface area contributed by atoms with Crippen molar-refractivity contribution in [1.82, 2.24) is 5.32 Å². The maximum Gasteiger partial charge on any atom is 0.446 e. The summed E-state index contributed by atoms with van der Waals surface area (Å²) in [5.41, 5.74) is -3.84. The van der Waals surface area contributed by atoms with E-state index in [1.165, 1.54) is 24.3 Å². The molecule has 0 bridgehead atoms. The number of carbonyl (C=O) groups is 1. The molecule has 1 aliphatic rings. The van der Waals surface area contributed by atoms with Crippen molar-refractivity contribution in [2.45, 2.75) is 29.0 Å². The van der Waals surface area contributed by atoms with E-state index in [9.17, 15) is 18.0 Å². The first kappa shape index (κ1) is 16.1. The van der Waals surface area contributed by atoms with Crippen molar-refractivity contribution >= 4 is 23.4 Å². The third-order valence-corrected chi connectivity index (χ3v) is 3.84. The Balaban J connectivity index is 1.90. The van der Waals surface area contributed by atoms with Crippen LogP contribution in [0.3, 0.4) is 0 Å². The van der Waals surface area contributed by atoms with Crippen LogP contribution in [0.1, 0.15) is 6.42 Å². The molecule has 1 fully saturated rings. The van der Waals surface area contributed by atoms with Crippen LogP contribution >= 0.6 is 11.8 Å². The first-order valence-corrected chi connectivity index (χ1v) is 7.12. The summed E-state index contributed by atoms with van der Waals surface area (Å²) in [6.45, 7) is 0.607. The molecule has 1 aromatic carbocycles. The van der Waals surface area contributed by atoms with Crippen molar-refractivity contribution in [1.29, 1.82) is 0 Å². The molecule has 1 amide bonds. The fraction of sp³-hybridized carbons (Fsp3) is 0.462. The molecule has 0 radical (unpaired) electrons. The molecule has 1 heterocycles. The normalized spacial score (nSPS) is 22.3. The Morgan fingerprint density at radius 3 is 2.57 bits per heavy atom. The van der Waals surface area contributed by atoms with Crippen molar-refractivity contribution in [2.75, 3.05) is 19.0 Å². The Kier molecular flexibility index (Phi) is 5.13. The highest BCUT2D eigenvalue weighted by Gasteiger charge is 2.30. The number of hydrogen-bond donors (Lipinski definition) is 2.